The van der Waals surface area contributed by atoms with E-state index in [-0.39, 0.29) is 18.5 Å². The first-order chi connectivity index (χ1) is 15.9. The maximum Gasteiger partial charge on any atom is 0.303 e. The van der Waals surface area contributed by atoms with Crippen LogP contribution in [0.1, 0.15) is 42.9 Å². The van der Waals surface area contributed by atoms with Crippen LogP contribution in [0.4, 0.5) is 0 Å². The quantitative estimate of drug-likeness (QED) is 0.391. The third-order valence-electron chi connectivity index (χ3n) is 5.52. The average Bonchev–Trinajstić information content (AvgIpc) is 3.07. The fraction of sp³-hybridized carbons (Fsp3) is 0.269. The van der Waals surface area contributed by atoms with Gasteiger partial charge in [0.05, 0.1) is 18.7 Å². The molecule has 0 aliphatic carbocycles. The van der Waals surface area contributed by atoms with Crippen LogP contribution in [0.5, 0.6) is 5.75 Å². The topological polar surface area (TPSA) is 104 Å². The minimum absolute atomic E-state index is 0.00205. The van der Waals surface area contributed by atoms with Crippen LogP contribution in [0.2, 0.25) is 0 Å². The van der Waals surface area contributed by atoms with Crippen molar-refractivity contribution >= 4 is 23.7 Å². The number of aliphatic hydroxyl groups excluding tert-OH is 1. The van der Waals surface area contributed by atoms with E-state index in [0.29, 0.717) is 30.6 Å². The van der Waals surface area contributed by atoms with Crippen LogP contribution in [0.25, 0.3) is 6.08 Å². The molecule has 1 heterocycles. The van der Waals surface area contributed by atoms with E-state index in [1.165, 1.54) is 18.1 Å². The highest BCUT2D eigenvalue weighted by molar-refractivity contribution is 6.14. The lowest BCUT2D eigenvalue weighted by Crippen LogP contribution is -2.32. The van der Waals surface area contributed by atoms with Gasteiger partial charge in [0, 0.05) is 18.5 Å². The van der Waals surface area contributed by atoms with Crippen molar-refractivity contribution in [3.63, 3.8) is 0 Å². The number of aliphatic hydroxyl groups is 1. The number of rotatable bonds is 11. The molecule has 1 aliphatic rings. The summed E-state index contributed by atoms with van der Waals surface area (Å²) in [5.41, 5.74) is 1.42. The fourth-order valence-corrected chi connectivity index (χ4v) is 3.91. The molecule has 0 spiro atoms. The standard InChI is InChI=1S/C26H27NO6/c1-33-21-13-8-7-12-19(21)24-23(20(28)16-15-18-10-4-2-5-11-18)25(31)26(32)27(24)17-9-3-6-14-22(29)30/h2,4-5,7-8,10-13,15-16,24,31H,3,6,9,14,17H2,1H3,(H,29,30)/b16-15+/t24-/m0/s1. The van der Waals surface area contributed by atoms with Crippen molar-refractivity contribution in [1.82, 2.24) is 4.90 Å². The number of aliphatic carboxylic acids is 1. The molecule has 0 aromatic heterocycles. The number of hydrogen-bond donors (Lipinski definition) is 2. The second kappa shape index (κ2) is 11.1. The molecule has 0 unspecified atom stereocenters. The Hall–Kier alpha value is -3.87. The number of carboxylic acid groups (broad SMARTS) is 1. The normalized spacial score (nSPS) is 16.0. The second-order valence-electron chi connectivity index (χ2n) is 7.72. The molecule has 7 heteroatoms. The zero-order valence-electron chi connectivity index (χ0n) is 18.4. The van der Waals surface area contributed by atoms with Crippen molar-refractivity contribution in [3.8, 4) is 5.75 Å². The zero-order chi connectivity index (χ0) is 23.8. The minimum atomic E-state index is -0.864. The summed E-state index contributed by atoms with van der Waals surface area (Å²) in [6.07, 6.45) is 4.68. The molecule has 0 bridgehead atoms. The number of amides is 1. The van der Waals surface area contributed by atoms with Gasteiger partial charge in [-0.05, 0) is 30.5 Å². The van der Waals surface area contributed by atoms with E-state index in [0.717, 1.165) is 5.56 Å². The van der Waals surface area contributed by atoms with E-state index in [1.54, 1.807) is 30.3 Å². The van der Waals surface area contributed by atoms with Gasteiger partial charge in [-0.1, -0.05) is 61.0 Å². The summed E-state index contributed by atoms with van der Waals surface area (Å²) in [7, 11) is 1.51. The number of hydrogen-bond acceptors (Lipinski definition) is 5. The Kier molecular flexibility index (Phi) is 8.02. The van der Waals surface area contributed by atoms with Crippen molar-refractivity contribution in [2.45, 2.75) is 31.7 Å². The van der Waals surface area contributed by atoms with E-state index in [9.17, 15) is 19.5 Å². The molecular formula is C26H27NO6. The molecular weight excluding hydrogens is 422 g/mol. The lowest BCUT2D eigenvalue weighted by atomic mass is 9.94. The van der Waals surface area contributed by atoms with Crippen LogP contribution in [0.3, 0.4) is 0 Å². The first-order valence-corrected chi connectivity index (χ1v) is 10.8. The lowest BCUT2D eigenvalue weighted by Gasteiger charge is -2.27. The molecule has 2 N–H and O–H groups in total. The molecule has 172 valence electrons. The van der Waals surface area contributed by atoms with E-state index in [2.05, 4.69) is 0 Å². The van der Waals surface area contributed by atoms with Crippen molar-refractivity contribution < 1.29 is 29.3 Å². The van der Waals surface area contributed by atoms with E-state index >= 15 is 0 Å². The number of carbonyl (C=O) groups excluding carboxylic acids is 2. The lowest BCUT2D eigenvalue weighted by molar-refractivity contribution is -0.137. The highest BCUT2D eigenvalue weighted by atomic mass is 16.5. The van der Waals surface area contributed by atoms with Crippen LogP contribution in [0, 0.1) is 0 Å². The summed E-state index contributed by atoms with van der Waals surface area (Å²) in [5, 5.41) is 19.5. The molecule has 2 aromatic rings. The van der Waals surface area contributed by atoms with Crippen LogP contribution in [-0.2, 0) is 14.4 Å². The molecule has 1 atom stereocenters. The summed E-state index contributed by atoms with van der Waals surface area (Å²) in [4.78, 5) is 38.3. The highest BCUT2D eigenvalue weighted by Gasteiger charge is 2.43. The number of carboxylic acids is 1. The van der Waals surface area contributed by atoms with Crippen LogP contribution >= 0.6 is 0 Å². The van der Waals surface area contributed by atoms with Gasteiger partial charge in [0.2, 0.25) is 0 Å². The number of methoxy groups -OCH3 is 1. The molecule has 7 nitrogen and oxygen atoms in total. The van der Waals surface area contributed by atoms with Gasteiger partial charge < -0.3 is 19.8 Å². The molecule has 33 heavy (non-hydrogen) atoms. The van der Waals surface area contributed by atoms with Gasteiger partial charge in [-0.3, -0.25) is 14.4 Å². The minimum Gasteiger partial charge on any atom is -0.503 e. The Bertz CT molecular complexity index is 1070. The number of allylic oxidation sites excluding steroid dienone is 1. The number of carbonyl (C=O) groups is 3. The Balaban J connectivity index is 1.90. The summed E-state index contributed by atoms with van der Waals surface area (Å²) >= 11 is 0. The van der Waals surface area contributed by atoms with Gasteiger partial charge in [0.1, 0.15) is 5.75 Å². The molecule has 0 saturated heterocycles. The maximum atomic E-state index is 13.2. The van der Waals surface area contributed by atoms with Crippen molar-refractivity contribution in [3.05, 3.63) is 83.1 Å². The number of ketones is 1. The van der Waals surface area contributed by atoms with Gasteiger partial charge in [-0.15, -0.1) is 0 Å². The molecule has 0 saturated carbocycles. The maximum absolute atomic E-state index is 13.2. The SMILES string of the molecule is COc1ccccc1[C@H]1C(C(=O)/C=C/c2ccccc2)=C(O)C(=O)N1CCCCCC(=O)O. The van der Waals surface area contributed by atoms with E-state index < -0.39 is 29.5 Å². The van der Waals surface area contributed by atoms with E-state index in [4.69, 9.17) is 9.84 Å². The highest BCUT2D eigenvalue weighted by Crippen LogP contribution is 2.41. The smallest absolute Gasteiger partial charge is 0.303 e. The van der Waals surface area contributed by atoms with Crippen LogP contribution in [-0.4, -0.2) is 46.4 Å². The summed E-state index contributed by atoms with van der Waals surface area (Å²) < 4.78 is 5.47. The summed E-state index contributed by atoms with van der Waals surface area (Å²) in [6, 6.07) is 15.5. The Labute approximate surface area is 192 Å². The summed E-state index contributed by atoms with van der Waals surface area (Å²) in [5.74, 6) is -2.02. The number of ether oxygens (including phenoxy) is 1. The van der Waals surface area contributed by atoms with Crippen molar-refractivity contribution in [1.29, 1.82) is 0 Å². The second-order valence-corrected chi connectivity index (χ2v) is 7.72. The zero-order valence-corrected chi connectivity index (χ0v) is 18.4. The van der Waals surface area contributed by atoms with Crippen molar-refractivity contribution in [2.75, 3.05) is 13.7 Å². The van der Waals surface area contributed by atoms with Gasteiger partial charge in [-0.2, -0.15) is 0 Å². The molecule has 3 rings (SSSR count). The number of para-hydroxylation sites is 1. The third-order valence-corrected chi connectivity index (χ3v) is 5.52. The third kappa shape index (κ3) is 5.68. The molecule has 0 fully saturated rings. The van der Waals surface area contributed by atoms with Gasteiger partial charge >= 0.3 is 5.97 Å². The molecule has 2 aromatic carbocycles. The first kappa shape index (κ1) is 23.8. The van der Waals surface area contributed by atoms with Gasteiger partial charge in [0.15, 0.2) is 11.5 Å². The van der Waals surface area contributed by atoms with E-state index in [1.807, 2.05) is 30.3 Å². The molecule has 1 aliphatic heterocycles. The Morgan fingerprint density at radius 1 is 1.03 bits per heavy atom. The Morgan fingerprint density at radius 2 is 1.73 bits per heavy atom. The first-order valence-electron chi connectivity index (χ1n) is 10.8. The predicted octanol–water partition coefficient (Wildman–Crippen LogP) is 4.32. The number of unbranched alkanes of at least 4 members (excludes halogenated alkanes) is 2. The number of nitrogens with zero attached hydrogens (tertiary/aromatic N) is 1. The molecule has 1 amide bonds. The Morgan fingerprint density at radius 3 is 2.42 bits per heavy atom. The number of benzene rings is 2. The monoisotopic (exact) mass is 449 g/mol. The fourth-order valence-electron chi connectivity index (χ4n) is 3.91. The predicted molar refractivity (Wildman–Crippen MR) is 124 cm³/mol. The summed E-state index contributed by atoms with van der Waals surface area (Å²) in [6.45, 7) is 0.268. The van der Waals surface area contributed by atoms with Crippen LogP contribution in [0.15, 0.2) is 72.0 Å². The van der Waals surface area contributed by atoms with Crippen LogP contribution < -0.4 is 4.74 Å². The molecule has 0 radical (unpaired) electrons. The largest absolute Gasteiger partial charge is 0.503 e. The van der Waals surface area contributed by atoms with Gasteiger partial charge in [-0.25, -0.2) is 0 Å². The van der Waals surface area contributed by atoms with Gasteiger partial charge in [0.25, 0.3) is 5.91 Å². The average molecular weight is 450 g/mol. The van der Waals surface area contributed by atoms with Crippen molar-refractivity contribution in [2.24, 2.45) is 0 Å².